The van der Waals surface area contributed by atoms with Crippen molar-refractivity contribution in [1.82, 2.24) is 14.9 Å². The molecule has 0 bridgehead atoms. The molecule has 0 fully saturated rings. The van der Waals surface area contributed by atoms with Gasteiger partial charge < -0.3 is 20.7 Å². The summed E-state index contributed by atoms with van der Waals surface area (Å²) in [6.07, 6.45) is 4.15. The number of imidazole rings is 1. The molecule has 0 spiro atoms. The Morgan fingerprint density at radius 2 is 2.43 bits per heavy atom. The molecule has 0 aromatic carbocycles. The number of amides is 1. The van der Waals surface area contributed by atoms with Gasteiger partial charge in [-0.15, -0.1) is 0 Å². The summed E-state index contributed by atoms with van der Waals surface area (Å²) in [7, 11) is 0. The summed E-state index contributed by atoms with van der Waals surface area (Å²) in [5, 5.41) is 10.6. The molecule has 0 aliphatic carbocycles. The molecule has 6 heteroatoms. The number of aryl methyl sites for hydroxylation is 1. The lowest BCUT2D eigenvalue weighted by Gasteiger charge is -2.01. The number of rotatable bonds is 5. The molecule has 1 aromatic heterocycles. The van der Waals surface area contributed by atoms with Crippen LogP contribution in [0.3, 0.4) is 0 Å². The summed E-state index contributed by atoms with van der Waals surface area (Å²) in [4.78, 5) is 14.0. The van der Waals surface area contributed by atoms with Crippen molar-refractivity contribution >= 4 is 11.9 Å². The number of hydrogen-bond donors (Lipinski definition) is 3. The second-order valence-corrected chi connectivity index (χ2v) is 2.98. The van der Waals surface area contributed by atoms with E-state index in [1.165, 1.54) is 0 Å². The summed E-state index contributed by atoms with van der Waals surface area (Å²) in [5.41, 5.74) is 5.43. The first kappa shape index (κ1) is 10.4. The van der Waals surface area contributed by atoms with Crippen LogP contribution in [0, 0.1) is 0 Å². The molecule has 0 aliphatic heterocycles. The number of hydrogen-bond acceptors (Lipinski definition) is 3. The van der Waals surface area contributed by atoms with Gasteiger partial charge in [-0.05, 0) is 12.8 Å². The fraction of sp³-hybridized carbons (Fsp3) is 0.500. The molecule has 0 unspecified atom stereocenters. The monoisotopic (exact) mass is 198 g/mol. The van der Waals surface area contributed by atoms with Crippen LogP contribution in [0.2, 0.25) is 0 Å². The molecular weight excluding hydrogens is 184 g/mol. The van der Waals surface area contributed by atoms with Gasteiger partial charge in [-0.1, -0.05) is 0 Å². The maximum absolute atomic E-state index is 10.1. The van der Waals surface area contributed by atoms with Gasteiger partial charge in [0, 0.05) is 19.3 Å². The molecule has 0 atom stereocenters. The number of aromatic nitrogens is 2. The topological polar surface area (TPSA) is 93.2 Å². The second kappa shape index (κ2) is 5.11. The van der Waals surface area contributed by atoms with Crippen molar-refractivity contribution in [2.75, 3.05) is 12.3 Å². The van der Waals surface area contributed by atoms with Crippen LogP contribution in [0.1, 0.15) is 12.8 Å². The largest absolute Gasteiger partial charge is 0.465 e. The highest BCUT2D eigenvalue weighted by Crippen LogP contribution is 1.99. The van der Waals surface area contributed by atoms with Crippen LogP contribution in [0.5, 0.6) is 0 Å². The van der Waals surface area contributed by atoms with E-state index in [0.717, 1.165) is 19.4 Å². The van der Waals surface area contributed by atoms with Gasteiger partial charge in [-0.25, -0.2) is 9.78 Å². The number of nitrogens with one attached hydrogen (secondary N) is 1. The number of nitrogen functional groups attached to an aromatic ring is 1. The molecule has 0 radical (unpaired) electrons. The normalized spacial score (nSPS) is 10.0. The van der Waals surface area contributed by atoms with E-state index in [9.17, 15) is 4.79 Å². The summed E-state index contributed by atoms with van der Waals surface area (Å²) >= 11 is 0. The molecule has 0 aliphatic rings. The Kier molecular flexibility index (Phi) is 3.78. The SMILES string of the molecule is Nc1cn(CCCCNC(=O)O)cn1. The van der Waals surface area contributed by atoms with Gasteiger partial charge >= 0.3 is 6.09 Å². The van der Waals surface area contributed by atoms with Gasteiger partial charge in [-0.2, -0.15) is 0 Å². The summed E-state index contributed by atoms with van der Waals surface area (Å²) < 4.78 is 1.89. The van der Waals surface area contributed by atoms with Crippen LogP contribution in [-0.2, 0) is 6.54 Å². The zero-order valence-corrected chi connectivity index (χ0v) is 7.81. The van der Waals surface area contributed by atoms with Crippen LogP contribution < -0.4 is 11.1 Å². The number of unbranched alkanes of at least 4 members (excludes halogenated alkanes) is 1. The number of anilines is 1. The quantitative estimate of drug-likeness (QED) is 0.601. The first-order valence-corrected chi connectivity index (χ1v) is 4.42. The first-order chi connectivity index (χ1) is 6.68. The van der Waals surface area contributed by atoms with Crippen molar-refractivity contribution in [3.05, 3.63) is 12.5 Å². The summed E-state index contributed by atoms with van der Waals surface area (Å²) in [6.45, 7) is 1.30. The Hall–Kier alpha value is -1.72. The van der Waals surface area contributed by atoms with Crippen molar-refractivity contribution in [2.45, 2.75) is 19.4 Å². The fourth-order valence-electron chi connectivity index (χ4n) is 1.11. The molecule has 1 aromatic rings. The van der Waals surface area contributed by atoms with E-state index in [1.807, 2.05) is 4.57 Å². The highest BCUT2D eigenvalue weighted by atomic mass is 16.4. The predicted octanol–water partition coefficient (Wildman–Crippen LogP) is 0.513. The van der Waals surface area contributed by atoms with E-state index in [4.69, 9.17) is 10.8 Å². The molecule has 0 saturated heterocycles. The van der Waals surface area contributed by atoms with Gasteiger partial charge in [0.05, 0.1) is 6.33 Å². The standard InChI is InChI=1S/C8H14N4O2/c9-7-5-12(6-11-7)4-2-1-3-10-8(13)14/h5-6,10H,1-4,9H2,(H,13,14). The van der Waals surface area contributed by atoms with E-state index in [2.05, 4.69) is 10.3 Å². The van der Waals surface area contributed by atoms with Gasteiger partial charge in [0.15, 0.2) is 0 Å². The molecule has 78 valence electrons. The predicted molar refractivity (Wildman–Crippen MR) is 51.9 cm³/mol. The maximum Gasteiger partial charge on any atom is 0.404 e. The lowest BCUT2D eigenvalue weighted by Crippen LogP contribution is -2.21. The summed E-state index contributed by atoms with van der Waals surface area (Å²) in [6, 6.07) is 0. The van der Waals surface area contributed by atoms with Crippen molar-refractivity contribution in [3.8, 4) is 0 Å². The van der Waals surface area contributed by atoms with E-state index >= 15 is 0 Å². The van der Waals surface area contributed by atoms with Crippen LogP contribution in [0.4, 0.5) is 10.6 Å². The minimum Gasteiger partial charge on any atom is -0.465 e. The maximum atomic E-state index is 10.1. The van der Waals surface area contributed by atoms with Crippen LogP contribution in [-0.4, -0.2) is 27.3 Å². The number of carboxylic acid groups (broad SMARTS) is 1. The molecule has 6 nitrogen and oxygen atoms in total. The average Bonchev–Trinajstić information content (AvgIpc) is 2.50. The first-order valence-electron chi connectivity index (χ1n) is 4.42. The Bertz CT molecular complexity index is 297. The second-order valence-electron chi connectivity index (χ2n) is 2.98. The van der Waals surface area contributed by atoms with Gasteiger partial charge in [0.2, 0.25) is 0 Å². The number of nitrogens with two attached hydrogens (primary N) is 1. The van der Waals surface area contributed by atoms with E-state index < -0.39 is 6.09 Å². The molecule has 0 saturated carbocycles. The summed E-state index contributed by atoms with van der Waals surface area (Å²) in [5.74, 6) is 0.508. The molecule has 14 heavy (non-hydrogen) atoms. The van der Waals surface area contributed by atoms with Gasteiger partial charge in [0.1, 0.15) is 5.82 Å². The van der Waals surface area contributed by atoms with Gasteiger partial charge in [-0.3, -0.25) is 0 Å². The zero-order chi connectivity index (χ0) is 10.4. The van der Waals surface area contributed by atoms with Crippen molar-refractivity contribution in [1.29, 1.82) is 0 Å². The fourth-order valence-corrected chi connectivity index (χ4v) is 1.11. The minimum atomic E-state index is -0.975. The van der Waals surface area contributed by atoms with Gasteiger partial charge in [0.25, 0.3) is 0 Å². The molecule has 1 rings (SSSR count). The third kappa shape index (κ3) is 3.79. The average molecular weight is 198 g/mol. The van der Waals surface area contributed by atoms with E-state index in [-0.39, 0.29) is 0 Å². The lowest BCUT2D eigenvalue weighted by atomic mass is 10.3. The Morgan fingerprint density at radius 1 is 1.64 bits per heavy atom. The van der Waals surface area contributed by atoms with E-state index in [0.29, 0.717) is 12.4 Å². The molecule has 1 heterocycles. The van der Waals surface area contributed by atoms with Crippen molar-refractivity contribution in [3.63, 3.8) is 0 Å². The van der Waals surface area contributed by atoms with Crippen LogP contribution in [0.25, 0.3) is 0 Å². The van der Waals surface area contributed by atoms with Crippen molar-refractivity contribution in [2.24, 2.45) is 0 Å². The minimum absolute atomic E-state index is 0.486. The lowest BCUT2D eigenvalue weighted by molar-refractivity contribution is 0.194. The van der Waals surface area contributed by atoms with Crippen LogP contribution in [0.15, 0.2) is 12.5 Å². The third-order valence-corrected chi connectivity index (χ3v) is 1.77. The Morgan fingerprint density at radius 3 is 3.00 bits per heavy atom. The molecule has 1 amide bonds. The van der Waals surface area contributed by atoms with Crippen LogP contribution >= 0.6 is 0 Å². The number of carbonyl (C=O) groups is 1. The molecular formula is C8H14N4O2. The highest BCUT2D eigenvalue weighted by Gasteiger charge is 1.95. The smallest absolute Gasteiger partial charge is 0.404 e. The van der Waals surface area contributed by atoms with Crippen molar-refractivity contribution < 1.29 is 9.90 Å². The third-order valence-electron chi connectivity index (χ3n) is 1.77. The Labute approximate surface area is 81.7 Å². The number of nitrogens with zero attached hydrogens (tertiary/aromatic N) is 2. The Balaban J connectivity index is 2.07. The highest BCUT2D eigenvalue weighted by molar-refractivity contribution is 5.64. The zero-order valence-electron chi connectivity index (χ0n) is 7.81. The van der Waals surface area contributed by atoms with E-state index in [1.54, 1.807) is 12.5 Å². The molecule has 4 N–H and O–H groups in total.